The lowest BCUT2D eigenvalue weighted by atomic mass is 10.2. The number of hydrogen-bond donors (Lipinski definition) is 2. The average Bonchev–Trinajstić information content (AvgIpc) is 2.38. The minimum atomic E-state index is -3.92. The first-order chi connectivity index (χ1) is 9.70. The molecule has 0 atom stereocenters. The molecule has 0 spiro atoms. The van der Waals surface area contributed by atoms with Gasteiger partial charge in [0.15, 0.2) is 0 Å². The van der Waals surface area contributed by atoms with Gasteiger partial charge in [0.1, 0.15) is 5.75 Å². The van der Waals surface area contributed by atoms with Gasteiger partial charge in [-0.15, -0.1) is 0 Å². The number of sulfonamides is 1. The molecule has 0 aliphatic heterocycles. The number of aromatic hydroxyl groups is 1. The maximum Gasteiger partial charge on any atom is 0.262 e. The Morgan fingerprint density at radius 3 is 2.33 bits per heavy atom. The molecule has 0 aromatic heterocycles. The number of nitrogens with one attached hydrogen (secondary N) is 1. The predicted octanol–water partition coefficient (Wildman–Crippen LogP) is 4.46. The average molecular weight is 367 g/mol. The first-order valence-electron chi connectivity index (χ1n) is 5.67. The summed E-state index contributed by atoms with van der Waals surface area (Å²) in [5.74, 6) is -0.192. The van der Waals surface area contributed by atoms with Gasteiger partial charge in [0.2, 0.25) is 0 Å². The normalized spacial score (nSPS) is 11.4. The Kier molecular flexibility index (Phi) is 4.58. The Balaban J connectivity index is 2.44. The molecule has 0 aliphatic rings. The van der Waals surface area contributed by atoms with Crippen molar-refractivity contribution < 1.29 is 13.5 Å². The first kappa shape index (κ1) is 16.2. The number of phenols is 1. The number of halogens is 3. The van der Waals surface area contributed by atoms with Crippen molar-refractivity contribution >= 4 is 50.5 Å². The van der Waals surface area contributed by atoms with Crippen LogP contribution in [0.3, 0.4) is 0 Å². The Labute approximate surface area is 137 Å². The van der Waals surface area contributed by atoms with Gasteiger partial charge in [0, 0.05) is 5.02 Å². The van der Waals surface area contributed by atoms with Crippen LogP contribution in [-0.4, -0.2) is 13.5 Å². The van der Waals surface area contributed by atoms with E-state index in [0.717, 1.165) is 0 Å². The molecule has 4 nitrogen and oxygen atoms in total. The summed E-state index contributed by atoms with van der Waals surface area (Å²) in [7, 11) is -3.92. The minimum absolute atomic E-state index is 0.00827. The number of hydrogen-bond acceptors (Lipinski definition) is 3. The SMILES string of the molecule is Cc1cc(Cl)cc(NS(=O)(=O)c2ccc(Cl)c(Cl)c2)c1O. The van der Waals surface area contributed by atoms with Gasteiger partial charge in [-0.2, -0.15) is 0 Å². The Morgan fingerprint density at radius 2 is 1.71 bits per heavy atom. The van der Waals surface area contributed by atoms with Gasteiger partial charge in [-0.1, -0.05) is 34.8 Å². The van der Waals surface area contributed by atoms with Crippen molar-refractivity contribution in [3.05, 3.63) is 51.0 Å². The summed E-state index contributed by atoms with van der Waals surface area (Å²) >= 11 is 17.4. The fourth-order valence-electron chi connectivity index (χ4n) is 1.66. The van der Waals surface area contributed by atoms with Crippen molar-refractivity contribution in [3.63, 3.8) is 0 Å². The summed E-state index contributed by atoms with van der Waals surface area (Å²) in [5, 5.41) is 10.6. The zero-order chi connectivity index (χ0) is 15.8. The molecule has 0 unspecified atom stereocenters. The van der Waals surface area contributed by atoms with Crippen molar-refractivity contribution in [2.24, 2.45) is 0 Å². The standard InChI is InChI=1S/C13H10Cl3NO3S/c1-7-4-8(14)5-12(13(7)18)17-21(19,20)9-2-3-10(15)11(16)6-9/h2-6,17-18H,1H3. The van der Waals surface area contributed by atoms with Gasteiger partial charge in [0.25, 0.3) is 10.0 Å². The molecule has 112 valence electrons. The number of rotatable bonds is 3. The minimum Gasteiger partial charge on any atom is -0.505 e. The van der Waals surface area contributed by atoms with Crippen LogP contribution in [0.1, 0.15) is 5.56 Å². The number of benzene rings is 2. The molecule has 2 rings (SSSR count). The van der Waals surface area contributed by atoms with Gasteiger partial charge >= 0.3 is 0 Å². The lowest BCUT2D eigenvalue weighted by Crippen LogP contribution is -2.13. The highest BCUT2D eigenvalue weighted by Gasteiger charge is 2.18. The monoisotopic (exact) mass is 365 g/mol. The Bertz CT molecular complexity index is 807. The molecule has 0 radical (unpaired) electrons. The lowest BCUT2D eigenvalue weighted by molar-refractivity contribution is 0.473. The van der Waals surface area contributed by atoms with Crippen LogP contribution in [0.5, 0.6) is 5.75 Å². The van der Waals surface area contributed by atoms with Crippen molar-refractivity contribution in [3.8, 4) is 5.75 Å². The van der Waals surface area contributed by atoms with E-state index in [-0.39, 0.29) is 26.4 Å². The van der Waals surface area contributed by atoms with E-state index in [1.54, 1.807) is 6.92 Å². The molecule has 0 saturated heterocycles. The smallest absolute Gasteiger partial charge is 0.262 e. The van der Waals surface area contributed by atoms with Crippen molar-refractivity contribution in [1.82, 2.24) is 0 Å². The van der Waals surface area contributed by atoms with E-state index < -0.39 is 10.0 Å². The van der Waals surface area contributed by atoms with Gasteiger partial charge in [-0.3, -0.25) is 4.72 Å². The Morgan fingerprint density at radius 1 is 1.05 bits per heavy atom. The third-order valence-electron chi connectivity index (χ3n) is 2.71. The van der Waals surface area contributed by atoms with E-state index in [2.05, 4.69) is 4.72 Å². The quantitative estimate of drug-likeness (QED) is 0.788. The number of aryl methyl sites for hydroxylation is 1. The molecule has 0 aliphatic carbocycles. The summed E-state index contributed by atoms with van der Waals surface area (Å²) in [6.45, 7) is 1.61. The largest absolute Gasteiger partial charge is 0.505 e. The van der Waals surface area contributed by atoms with E-state index in [1.807, 2.05) is 0 Å². The van der Waals surface area contributed by atoms with E-state index in [1.165, 1.54) is 30.3 Å². The molecule has 21 heavy (non-hydrogen) atoms. The van der Waals surface area contributed by atoms with Crippen molar-refractivity contribution in [1.29, 1.82) is 0 Å². The van der Waals surface area contributed by atoms with Crippen LogP contribution < -0.4 is 4.72 Å². The fourth-order valence-corrected chi connectivity index (χ4v) is 3.38. The highest BCUT2D eigenvalue weighted by atomic mass is 35.5. The molecule has 0 heterocycles. The maximum absolute atomic E-state index is 12.3. The zero-order valence-corrected chi connectivity index (χ0v) is 13.8. The molecule has 2 aromatic rings. The molecule has 8 heteroatoms. The summed E-state index contributed by atoms with van der Waals surface area (Å²) in [5.41, 5.74) is 0.445. The van der Waals surface area contributed by atoms with Crippen LogP contribution in [0.2, 0.25) is 15.1 Å². The second kappa shape index (κ2) is 5.93. The van der Waals surface area contributed by atoms with Gasteiger partial charge in [-0.25, -0.2) is 8.42 Å². The zero-order valence-electron chi connectivity index (χ0n) is 10.7. The van der Waals surface area contributed by atoms with Crippen molar-refractivity contribution in [2.45, 2.75) is 11.8 Å². The van der Waals surface area contributed by atoms with Crippen LogP contribution in [0.25, 0.3) is 0 Å². The maximum atomic E-state index is 12.3. The lowest BCUT2D eigenvalue weighted by Gasteiger charge is -2.12. The Hall–Kier alpha value is -1.14. The molecule has 2 N–H and O–H groups in total. The van der Waals surface area contributed by atoms with E-state index in [4.69, 9.17) is 34.8 Å². The van der Waals surface area contributed by atoms with Gasteiger partial charge in [-0.05, 0) is 42.8 Å². The van der Waals surface area contributed by atoms with Crippen LogP contribution in [0, 0.1) is 6.92 Å². The molecule has 0 bridgehead atoms. The predicted molar refractivity (Wildman–Crippen MR) is 85.1 cm³/mol. The molecule has 0 saturated carbocycles. The third kappa shape index (κ3) is 3.55. The summed E-state index contributed by atoms with van der Waals surface area (Å²) in [6, 6.07) is 6.75. The van der Waals surface area contributed by atoms with Gasteiger partial charge < -0.3 is 5.11 Å². The van der Waals surface area contributed by atoms with Gasteiger partial charge in [0.05, 0.1) is 20.6 Å². The van der Waals surface area contributed by atoms with E-state index in [9.17, 15) is 13.5 Å². The van der Waals surface area contributed by atoms with E-state index >= 15 is 0 Å². The van der Waals surface area contributed by atoms with Crippen LogP contribution in [0.15, 0.2) is 35.2 Å². The van der Waals surface area contributed by atoms with Crippen LogP contribution in [0.4, 0.5) is 5.69 Å². The number of phenolic OH excluding ortho intramolecular Hbond substituents is 1. The van der Waals surface area contributed by atoms with E-state index in [0.29, 0.717) is 10.6 Å². The second-order valence-electron chi connectivity index (χ2n) is 4.30. The highest BCUT2D eigenvalue weighted by molar-refractivity contribution is 7.92. The summed E-state index contributed by atoms with van der Waals surface area (Å²) in [4.78, 5) is -0.0751. The van der Waals surface area contributed by atoms with Crippen LogP contribution >= 0.6 is 34.8 Å². The molecular weight excluding hydrogens is 357 g/mol. The fraction of sp³-hybridized carbons (Fsp3) is 0.0769. The highest BCUT2D eigenvalue weighted by Crippen LogP contribution is 2.33. The molecule has 0 amide bonds. The molecule has 0 fully saturated rings. The summed E-state index contributed by atoms with van der Waals surface area (Å²) < 4.78 is 26.8. The third-order valence-corrected chi connectivity index (χ3v) is 5.03. The number of anilines is 1. The summed E-state index contributed by atoms with van der Waals surface area (Å²) in [6.07, 6.45) is 0. The topological polar surface area (TPSA) is 66.4 Å². The molecular formula is C13H10Cl3NO3S. The van der Waals surface area contributed by atoms with Crippen LogP contribution in [-0.2, 0) is 10.0 Å². The second-order valence-corrected chi connectivity index (χ2v) is 7.23. The molecule has 2 aromatic carbocycles. The van der Waals surface area contributed by atoms with Crippen molar-refractivity contribution in [2.75, 3.05) is 4.72 Å². The first-order valence-corrected chi connectivity index (χ1v) is 8.29.